The van der Waals surface area contributed by atoms with Crippen LogP contribution in [0.5, 0.6) is 0 Å². The first-order valence-corrected chi connectivity index (χ1v) is 7.15. The second kappa shape index (κ2) is 5.01. The van der Waals surface area contributed by atoms with E-state index < -0.39 is 0 Å². The molecule has 4 nitrogen and oxygen atoms in total. The molecule has 1 N–H and O–H groups in total. The van der Waals surface area contributed by atoms with Gasteiger partial charge in [0.15, 0.2) is 0 Å². The third kappa shape index (κ3) is 2.31. The van der Waals surface area contributed by atoms with Crippen molar-refractivity contribution in [2.24, 2.45) is 0 Å². The number of benzene rings is 1. The highest BCUT2D eigenvalue weighted by Crippen LogP contribution is 2.41. The summed E-state index contributed by atoms with van der Waals surface area (Å²) in [7, 11) is 7.75. The Labute approximate surface area is 115 Å². The minimum atomic E-state index is -0.278. The Bertz CT molecular complexity index is 542. The highest BCUT2D eigenvalue weighted by molar-refractivity contribution is 8.27. The van der Waals surface area contributed by atoms with Crippen molar-refractivity contribution in [3.63, 3.8) is 0 Å². The largest absolute Gasteiger partial charge is 0.284 e. The van der Waals surface area contributed by atoms with E-state index in [1.54, 1.807) is 6.07 Å². The van der Waals surface area contributed by atoms with E-state index in [-0.39, 0.29) is 10.5 Å². The predicted molar refractivity (Wildman–Crippen MR) is 77.5 cm³/mol. The van der Waals surface area contributed by atoms with Gasteiger partial charge >= 0.3 is 0 Å². The lowest BCUT2D eigenvalue weighted by molar-refractivity contribution is -0.708. The summed E-state index contributed by atoms with van der Waals surface area (Å²) in [4.78, 5) is 5.22. The first kappa shape index (κ1) is 13.5. The molecule has 1 aliphatic rings. The van der Waals surface area contributed by atoms with E-state index in [9.17, 15) is 5.21 Å². The van der Waals surface area contributed by atoms with Gasteiger partial charge in [-0.05, 0) is 50.8 Å². The highest BCUT2D eigenvalue weighted by Gasteiger charge is 2.29. The number of halogens is 1. The minimum Gasteiger partial charge on any atom is -0.284 e. The summed E-state index contributed by atoms with van der Waals surface area (Å²) in [6.45, 7) is 0. The van der Waals surface area contributed by atoms with Gasteiger partial charge in [-0.15, -0.1) is 0 Å². The number of hydrogen-bond donors (Lipinski definition) is 1. The Morgan fingerprint density at radius 1 is 1.22 bits per heavy atom. The van der Waals surface area contributed by atoms with Crippen LogP contribution in [0.2, 0.25) is 5.02 Å². The normalized spacial score (nSPS) is 18.2. The zero-order chi connectivity index (χ0) is 13.4. The van der Waals surface area contributed by atoms with E-state index in [0.717, 1.165) is 20.4 Å². The summed E-state index contributed by atoms with van der Waals surface area (Å²) in [6.07, 6.45) is 0. The van der Waals surface area contributed by atoms with Crippen molar-refractivity contribution in [3.05, 3.63) is 23.2 Å². The first-order valence-electron chi connectivity index (χ1n) is 5.49. The molecule has 0 bridgehead atoms. The van der Waals surface area contributed by atoms with Gasteiger partial charge < -0.3 is 0 Å². The molecule has 98 valence electrons. The minimum absolute atomic E-state index is 0.278. The van der Waals surface area contributed by atoms with E-state index in [2.05, 4.69) is 9.80 Å². The number of nitrogens with zero attached hydrogens (tertiary/aromatic N) is 3. The molecule has 0 saturated carbocycles. The summed E-state index contributed by atoms with van der Waals surface area (Å²) in [6, 6.07) is 5.61. The van der Waals surface area contributed by atoms with Crippen molar-refractivity contribution in [2.45, 2.75) is 4.90 Å². The van der Waals surface area contributed by atoms with E-state index >= 15 is 0 Å². The molecule has 1 unspecified atom stereocenters. The molecule has 0 aliphatic carbocycles. The highest BCUT2D eigenvalue weighted by atomic mass is 35.5. The van der Waals surface area contributed by atoms with Crippen molar-refractivity contribution in [3.8, 4) is 0 Å². The lowest BCUT2D eigenvalue weighted by atomic mass is 10.3. The second-order valence-corrected chi connectivity index (χ2v) is 6.60. The summed E-state index contributed by atoms with van der Waals surface area (Å²) in [5, 5.41) is 11.7. The maximum Gasteiger partial charge on any atom is 0.273 e. The zero-order valence-corrected chi connectivity index (χ0v) is 12.5. The Kier molecular flexibility index (Phi) is 3.77. The predicted octanol–water partition coefficient (Wildman–Crippen LogP) is 2.25. The van der Waals surface area contributed by atoms with Gasteiger partial charge in [0.25, 0.3) is 11.2 Å². The van der Waals surface area contributed by atoms with Crippen molar-refractivity contribution in [2.75, 3.05) is 28.2 Å². The molecule has 1 atom stereocenters. The van der Waals surface area contributed by atoms with E-state index in [1.165, 1.54) is 0 Å². The fourth-order valence-corrected chi connectivity index (χ4v) is 4.27. The third-order valence-corrected chi connectivity index (χ3v) is 5.16. The third-order valence-electron chi connectivity index (χ3n) is 2.57. The Morgan fingerprint density at radius 3 is 2.39 bits per heavy atom. The summed E-state index contributed by atoms with van der Waals surface area (Å²) in [5.74, 6) is 0. The SMILES string of the molecule is CN(C)C(N(C)C)=S1C=[N+](O)c2cc(Cl)ccc21. The quantitative estimate of drug-likeness (QED) is 0.451. The van der Waals surface area contributed by atoms with Crippen LogP contribution in [0.3, 0.4) is 0 Å². The van der Waals surface area contributed by atoms with Gasteiger partial charge in [-0.25, -0.2) is 0 Å². The maximum atomic E-state index is 9.96. The van der Waals surface area contributed by atoms with Crippen molar-refractivity contribution < 1.29 is 9.95 Å². The molecule has 0 radical (unpaired) electrons. The van der Waals surface area contributed by atoms with Gasteiger partial charge in [0, 0.05) is 15.8 Å². The molecule has 6 heteroatoms. The fraction of sp³-hybridized carbons (Fsp3) is 0.333. The lowest BCUT2D eigenvalue weighted by Crippen LogP contribution is -2.35. The van der Waals surface area contributed by atoms with Crippen LogP contribution in [0, 0.1) is 0 Å². The monoisotopic (exact) mass is 286 g/mol. The van der Waals surface area contributed by atoms with Crippen LogP contribution in [0.25, 0.3) is 0 Å². The van der Waals surface area contributed by atoms with E-state index in [1.807, 2.05) is 45.9 Å². The molecule has 2 rings (SSSR count). The summed E-state index contributed by atoms with van der Waals surface area (Å²) >= 11 is 5.96. The number of fused-ring (bicyclic) bond motifs is 1. The van der Waals surface area contributed by atoms with Gasteiger partial charge in [-0.2, -0.15) is 0 Å². The van der Waals surface area contributed by atoms with Gasteiger partial charge in [-0.1, -0.05) is 11.6 Å². The molecular formula is C12H17ClN3OS+. The molecule has 0 aromatic heterocycles. The average molecular weight is 287 g/mol. The average Bonchev–Trinajstić information content (AvgIpc) is 2.55. The van der Waals surface area contributed by atoms with Gasteiger partial charge in [-0.3, -0.25) is 15.0 Å². The van der Waals surface area contributed by atoms with Crippen LogP contribution < -0.4 is 0 Å². The molecule has 0 saturated heterocycles. The molecule has 1 aliphatic heterocycles. The Morgan fingerprint density at radius 2 is 1.83 bits per heavy atom. The van der Waals surface area contributed by atoms with Gasteiger partial charge in [0.1, 0.15) is 5.11 Å². The molecule has 0 spiro atoms. The molecule has 18 heavy (non-hydrogen) atoms. The lowest BCUT2D eigenvalue weighted by Gasteiger charge is -2.22. The first-order chi connectivity index (χ1) is 8.41. The standard InChI is InChI=1S/C12H17ClN3OS/c1-14(2)12(15(3)4)18-8-16(17)10-7-9(13)5-6-11(10)18/h5-8,17H,1-4H3/q+1. The van der Waals surface area contributed by atoms with Crippen LogP contribution in [-0.2, 0) is 0 Å². The molecular weight excluding hydrogens is 270 g/mol. The number of hydrogen-bond acceptors (Lipinski definition) is 1. The number of rotatable bonds is 0. The second-order valence-electron chi connectivity index (χ2n) is 4.47. The smallest absolute Gasteiger partial charge is 0.273 e. The van der Waals surface area contributed by atoms with Crippen LogP contribution in [0.4, 0.5) is 5.69 Å². The van der Waals surface area contributed by atoms with E-state index in [0.29, 0.717) is 5.02 Å². The molecule has 1 aromatic carbocycles. The van der Waals surface area contributed by atoms with E-state index in [4.69, 9.17) is 11.6 Å². The molecule has 1 heterocycles. The fourth-order valence-electron chi connectivity index (χ4n) is 2.01. The maximum absolute atomic E-state index is 9.96. The van der Waals surface area contributed by atoms with Crippen molar-refractivity contribution >= 4 is 38.4 Å². The Hall–Kier alpha value is -0.880. The summed E-state index contributed by atoms with van der Waals surface area (Å²) in [5.41, 5.74) is 2.57. The molecule has 1 aromatic rings. The molecule has 0 amide bonds. The van der Waals surface area contributed by atoms with Crippen molar-refractivity contribution in [1.29, 1.82) is 0 Å². The topological polar surface area (TPSA) is 29.7 Å². The van der Waals surface area contributed by atoms with Crippen LogP contribution in [0.1, 0.15) is 0 Å². The van der Waals surface area contributed by atoms with Crippen LogP contribution >= 0.6 is 22.1 Å². The summed E-state index contributed by atoms with van der Waals surface area (Å²) < 4.78 is 1.16. The Balaban J connectivity index is 2.67. The van der Waals surface area contributed by atoms with Gasteiger partial charge in [0.2, 0.25) is 0 Å². The molecule has 0 fully saturated rings. The van der Waals surface area contributed by atoms with Crippen molar-refractivity contribution in [1.82, 2.24) is 9.80 Å². The van der Waals surface area contributed by atoms with Crippen LogP contribution in [0.15, 0.2) is 23.1 Å². The zero-order valence-electron chi connectivity index (χ0n) is 10.9. The van der Waals surface area contributed by atoms with Crippen LogP contribution in [-0.4, -0.2) is 58.6 Å². The van der Waals surface area contributed by atoms with Gasteiger partial charge in [0.05, 0.1) is 4.90 Å².